The number of carbonyl (C=O) groups is 1. The maximum absolute atomic E-state index is 13.4. The number of aromatic nitrogens is 5. The van der Waals surface area contributed by atoms with Crippen LogP contribution in [0.5, 0.6) is 0 Å². The zero-order valence-electron chi connectivity index (χ0n) is 17.7. The third kappa shape index (κ3) is 4.11. The standard InChI is InChI=1S/C23H23N7OS/c1-16-25-19(15-32-16)17-7-2-3-8-18(17)26-23(31)20-9-4-5-13-29(20)21-10-11-22(28-27-21)30-14-6-12-24-30/h2-3,6-8,10-12,14-15,20H,4-5,9,13H2,1H3,(H,26,31). The SMILES string of the molecule is Cc1nc(-c2ccccc2NC(=O)C2CCCCN2c2ccc(-n3cccn3)nn2)cs1. The molecule has 1 atom stereocenters. The average Bonchev–Trinajstić information content (AvgIpc) is 3.52. The summed E-state index contributed by atoms with van der Waals surface area (Å²) >= 11 is 1.60. The van der Waals surface area contributed by atoms with Crippen LogP contribution in [0.1, 0.15) is 24.3 Å². The number of rotatable bonds is 5. The van der Waals surface area contributed by atoms with E-state index in [4.69, 9.17) is 0 Å². The molecule has 1 amide bonds. The van der Waals surface area contributed by atoms with Crippen molar-refractivity contribution >= 4 is 28.7 Å². The highest BCUT2D eigenvalue weighted by molar-refractivity contribution is 7.09. The van der Waals surface area contributed by atoms with Crippen molar-refractivity contribution in [1.82, 2.24) is 25.0 Å². The lowest BCUT2D eigenvalue weighted by Crippen LogP contribution is -2.47. The molecule has 9 heteroatoms. The molecular weight excluding hydrogens is 422 g/mol. The first-order chi connectivity index (χ1) is 15.7. The van der Waals surface area contributed by atoms with Crippen molar-refractivity contribution in [3.05, 3.63) is 65.2 Å². The van der Waals surface area contributed by atoms with Gasteiger partial charge in [-0.15, -0.1) is 21.5 Å². The van der Waals surface area contributed by atoms with E-state index in [2.05, 4.69) is 25.6 Å². The lowest BCUT2D eigenvalue weighted by molar-refractivity contribution is -0.117. The smallest absolute Gasteiger partial charge is 0.247 e. The molecule has 5 rings (SSSR count). The second-order valence-electron chi connectivity index (χ2n) is 7.69. The van der Waals surface area contributed by atoms with Crippen molar-refractivity contribution in [2.24, 2.45) is 0 Å². The van der Waals surface area contributed by atoms with Gasteiger partial charge < -0.3 is 10.2 Å². The Kier molecular flexibility index (Phi) is 5.64. The van der Waals surface area contributed by atoms with Gasteiger partial charge in [0.05, 0.1) is 16.4 Å². The van der Waals surface area contributed by atoms with Gasteiger partial charge in [0.25, 0.3) is 0 Å². The summed E-state index contributed by atoms with van der Waals surface area (Å²) < 4.78 is 1.66. The summed E-state index contributed by atoms with van der Waals surface area (Å²) in [5, 5.41) is 19.0. The van der Waals surface area contributed by atoms with Gasteiger partial charge in [-0.05, 0) is 50.5 Å². The van der Waals surface area contributed by atoms with Gasteiger partial charge in [0, 0.05) is 29.9 Å². The number of thiazole rings is 1. The quantitative estimate of drug-likeness (QED) is 0.498. The molecule has 0 aliphatic carbocycles. The second-order valence-corrected chi connectivity index (χ2v) is 8.75. The molecule has 1 saturated heterocycles. The number of para-hydroxylation sites is 1. The highest BCUT2D eigenvalue weighted by atomic mass is 32.1. The molecule has 32 heavy (non-hydrogen) atoms. The third-order valence-electron chi connectivity index (χ3n) is 5.56. The largest absolute Gasteiger partial charge is 0.343 e. The zero-order valence-corrected chi connectivity index (χ0v) is 18.5. The molecule has 1 unspecified atom stereocenters. The summed E-state index contributed by atoms with van der Waals surface area (Å²) in [6.45, 7) is 2.74. The number of hydrogen-bond donors (Lipinski definition) is 1. The van der Waals surface area contributed by atoms with Gasteiger partial charge >= 0.3 is 0 Å². The Morgan fingerprint density at radius 1 is 1.09 bits per heavy atom. The van der Waals surface area contributed by atoms with Crippen molar-refractivity contribution in [3.8, 4) is 17.1 Å². The first-order valence-electron chi connectivity index (χ1n) is 10.6. The van der Waals surface area contributed by atoms with Crippen LogP contribution >= 0.6 is 11.3 Å². The van der Waals surface area contributed by atoms with Gasteiger partial charge in [0.1, 0.15) is 6.04 Å². The van der Waals surface area contributed by atoms with Crippen LogP contribution in [0.2, 0.25) is 0 Å². The Hall–Kier alpha value is -3.59. The molecule has 0 radical (unpaired) electrons. The highest BCUT2D eigenvalue weighted by Crippen LogP contribution is 2.30. The summed E-state index contributed by atoms with van der Waals surface area (Å²) in [5.41, 5.74) is 2.58. The molecule has 3 aromatic heterocycles. The molecule has 1 aromatic carbocycles. The molecule has 1 aliphatic heterocycles. The Balaban J connectivity index is 1.37. The monoisotopic (exact) mass is 445 g/mol. The van der Waals surface area contributed by atoms with Crippen LogP contribution in [-0.4, -0.2) is 43.5 Å². The van der Waals surface area contributed by atoms with Crippen LogP contribution in [0.15, 0.2) is 60.2 Å². The van der Waals surface area contributed by atoms with E-state index in [-0.39, 0.29) is 11.9 Å². The summed E-state index contributed by atoms with van der Waals surface area (Å²) in [5.74, 6) is 1.30. The summed E-state index contributed by atoms with van der Waals surface area (Å²) in [6.07, 6.45) is 6.31. The minimum absolute atomic E-state index is 0.0398. The Morgan fingerprint density at radius 2 is 1.94 bits per heavy atom. The fourth-order valence-electron chi connectivity index (χ4n) is 3.99. The molecule has 0 bridgehead atoms. The topological polar surface area (TPSA) is 88.8 Å². The zero-order chi connectivity index (χ0) is 21.9. The van der Waals surface area contributed by atoms with E-state index >= 15 is 0 Å². The van der Waals surface area contributed by atoms with E-state index in [9.17, 15) is 4.79 Å². The van der Waals surface area contributed by atoms with E-state index < -0.39 is 0 Å². The first-order valence-corrected chi connectivity index (χ1v) is 11.5. The molecule has 0 spiro atoms. The second kappa shape index (κ2) is 8.88. The van der Waals surface area contributed by atoms with Crippen LogP contribution < -0.4 is 10.2 Å². The maximum atomic E-state index is 13.4. The number of benzene rings is 1. The van der Waals surface area contributed by atoms with Gasteiger partial charge in [-0.25, -0.2) is 9.67 Å². The molecule has 0 saturated carbocycles. The van der Waals surface area contributed by atoms with Crippen molar-refractivity contribution in [1.29, 1.82) is 0 Å². The number of nitrogens with zero attached hydrogens (tertiary/aromatic N) is 6. The van der Waals surface area contributed by atoms with Crippen LogP contribution in [0.4, 0.5) is 11.5 Å². The number of anilines is 2. The number of nitrogens with one attached hydrogen (secondary N) is 1. The predicted molar refractivity (Wildman–Crippen MR) is 125 cm³/mol. The van der Waals surface area contributed by atoms with E-state index in [1.54, 1.807) is 22.2 Å². The van der Waals surface area contributed by atoms with Crippen LogP contribution in [0.3, 0.4) is 0 Å². The van der Waals surface area contributed by atoms with Crippen molar-refractivity contribution in [2.45, 2.75) is 32.2 Å². The molecule has 4 aromatic rings. The van der Waals surface area contributed by atoms with E-state index in [1.165, 1.54) is 0 Å². The molecule has 1 N–H and O–H groups in total. The van der Waals surface area contributed by atoms with E-state index in [0.29, 0.717) is 11.6 Å². The minimum atomic E-state index is -0.307. The fraction of sp³-hybridized carbons (Fsp3) is 0.261. The first kappa shape index (κ1) is 20.3. The van der Waals surface area contributed by atoms with E-state index in [1.807, 2.05) is 65.9 Å². The van der Waals surface area contributed by atoms with E-state index in [0.717, 1.165) is 47.8 Å². The fourth-order valence-corrected chi connectivity index (χ4v) is 4.61. The van der Waals surface area contributed by atoms with Gasteiger partial charge in [-0.2, -0.15) is 5.10 Å². The Bertz CT molecular complexity index is 1200. The number of piperidine rings is 1. The number of hydrogen-bond acceptors (Lipinski definition) is 7. The van der Waals surface area contributed by atoms with Crippen LogP contribution in [0.25, 0.3) is 17.1 Å². The molecular formula is C23H23N7OS. The molecule has 162 valence electrons. The van der Waals surface area contributed by atoms with Crippen LogP contribution in [0, 0.1) is 6.92 Å². The summed E-state index contributed by atoms with van der Waals surface area (Å²) in [4.78, 5) is 20.0. The summed E-state index contributed by atoms with van der Waals surface area (Å²) in [7, 11) is 0. The normalized spacial score (nSPS) is 16.2. The Labute approximate surface area is 189 Å². The van der Waals surface area contributed by atoms with Gasteiger partial charge in [-0.1, -0.05) is 18.2 Å². The van der Waals surface area contributed by atoms with Crippen molar-refractivity contribution < 1.29 is 4.79 Å². The van der Waals surface area contributed by atoms with Gasteiger partial charge in [0.15, 0.2) is 11.6 Å². The van der Waals surface area contributed by atoms with Crippen molar-refractivity contribution in [2.75, 3.05) is 16.8 Å². The predicted octanol–water partition coefficient (Wildman–Crippen LogP) is 4.09. The third-order valence-corrected chi connectivity index (χ3v) is 6.33. The summed E-state index contributed by atoms with van der Waals surface area (Å²) in [6, 6.07) is 13.1. The van der Waals surface area contributed by atoms with Gasteiger partial charge in [-0.3, -0.25) is 4.79 Å². The van der Waals surface area contributed by atoms with Gasteiger partial charge in [0.2, 0.25) is 5.91 Å². The minimum Gasteiger partial charge on any atom is -0.343 e. The molecule has 4 heterocycles. The lowest BCUT2D eigenvalue weighted by Gasteiger charge is -2.35. The van der Waals surface area contributed by atoms with Crippen LogP contribution in [-0.2, 0) is 4.79 Å². The number of aryl methyl sites for hydroxylation is 1. The molecule has 1 fully saturated rings. The number of carbonyl (C=O) groups excluding carboxylic acids is 1. The molecule has 8 nitrogen and oxygen atoms in total. The average molecular weight is 446 g/mol. The van der Waals surface area contributed by atoms with Crippen molar-refractivity contribution in [3.63, 3.8) is 0 Å². The lowest BCUT2D eigenvalue weighted by atomic mass is 10.0. The number of amides is 1. The maximum Gasteiger partial charge on any atom is 0.247 e. The highest BCUT2D eigenvalue weighted by Gasteiger charge is 2.30. The Morgan fingerprint density at radius 3 is 2.69 bits per heavy atom. The molecule has 1 aliphatic rings.